The summed E-state index contributed by atoms with van der Waals surface area (Å²) in [6.45, 7) is 1.73. The van der Waals surface area contributed by atoms with Crippen molar-refractivity contribution in [2.24, 2.45) is 5.92 Å². The van der Waals surface area contributed by atoms with Crippen molar-refractivity contribution in [1.82, 2.24) is 4.72 Å². The molecule has 1 fully saturated rings. The number of carbonyl (C=O) groups is 1. The summed E-state index contributed by atoms with van der Waals surface area (Å²) in [5.74, 6) is -0.324. The first-order valence-corrected chi connectivity index (χ1v) is 9.91. The van der Waals surface area contributed by atoms with Crippen LogP contribution in [0.3, 0.4) is 0 Å². The first kappa shape index (κ1) is 18.6. The average Bonchev–Trinajstić information content (AvgIpc) is 3.19. The minimum Gasteiger partial charge on any atom is -0.462 e. The summed E-state index contributed by atoms with van der Waals surface area (Å²) in [5.41, 5.74) is 1.07. The lowest BCUT2D eigenvalue weighted by Crippen LogP contribution is -2.23. The Hall–Kier alpha value is -2.22. The largest absolute Gasteiger partial charge is 0.462 e. The topological polar surface area (TPSA) is 81.7 Å². The van der Waals surface area contributed by atoms with Crippen molar-refractivity contribution in [1.29, 1.82) is 0 Å². The van der Waals surface area contributed by atoms with Gasteiger partial charge in [-0.05, 0) is 30.2 Å². The maximum atomic E-state index is 12.5. The smallest absolute Gasteiger partial charge is 0.338 e. The second kappa shape index (κ2) is 8.44. The molecule has 0 spiro atoms. The second-order valence-electron chi connectivity index (χ2n) is 6.17. The van der Waals surface area contributed by atoms with Gasteiger partial charge in [-0.15, -0.1) is 0 Å². The van der Waals surface area contributed by atoms with Gasteiger partial charge >= 0.3 is 5.97 Å². The van der Waals surface area contributed by atoms with Crippen molar-refractivity contribution >= 4 is 16.0 Å². The van der Waals surface area contributed by atoms with E-state index in [1.54, 1.807) is 6.07 Å². The van der Waals surface area contributed by atoms with Gasteiger partial charge in [-0.1, -0.05) is 36.4 Å². The fraction of sp³-hybridized carbons (Fsp3) is 0.316. The van der Waals surface area contributed by atoms with E-state index in [0.717, 1.165) is 12.0 Å². The quantitative estimate of drug-likeness (QED) is 0.752. The van der Waals surface area contributed by atoms with E-state index < -0.39 is 16.0 Å². The molecule has 2 aromatic carbocycles. The van der Waals surface area contributed by atoms with E-state index in [2.05, 4.69) is 4.72 Å². The summed E-state index contributed by atoms with van der Waals surface area (Å²) in [7, 11) is -3.72. The van der Waals surface area contributed by atoms with Crippen molar-refractivity contribution in [3.05, 3.63) is 65.7 Å². The molecule has 6 nitrogen and oxygen atoms in total. The van der Waals surface area contributed by atoms with Crippen LogP contribution in [0.5, 0.6) is 0 Å². The van der Waals surface area contributed by atoms with Crippen molar-refractivity contribution in [3.63, 3.8) is 0 Å². The highest BCUT2D eigenvalue weighted by Gasteiger charge is 2.20. The number of sulfonamides is 1. The van der Waals surface area contributed by atoms with E-state index in [1.807, 2.05) is 30.3 Å². The molecule has 138 valence electrons. The molecule has 26 heavy (non-hydrogen) atoms. The minimum atomic E-state index is -3.72. The van der Waals surface area contributed by atoms with E-state index >= 15 is 0 Å². The van der Waals surface area contributed by atoms with E-state index in [9.17, 15) is 13.2 Å². The lowest BCUT2D eigenvalue weighted by atomic mass is 10.1. The summed E-state index contributed by atoms with van der Waals surface area (Å²) in [4.78, 5) is 12.2. The van der Waals surface area contributed by atoms with Gasteiger partial charge in [0.1, 0.15) is 0 Å². The van der Waals surface area contributed by atoms with Crippen LogP contribution >= 0.6 is 0 Å². The standard InChI is InChI=1S/C19H21NO5S/c21-19(25-14-16-9-10-24-13-16)17-7-4-8-18(11-17)26(22,23)20-12-15-5-2-1-3-6-15/h1-8,11,16,20H,9-10,12-14H2. The number of rotatable bonds is 7. The highest BCUT2D eigenvalue weighted by atomic mass is 32.2. The first-order chi connectivity index (χ1) is 12.5. The lowest BCUT2D eigenvalue weighted by Gasteiger charge is -2.10. The van der Waals surface area contributed by atoms with Crippen LogP contribution in [0.1, 0.15) is 22.3 Å². The van der Waals surface area contributed by atoms with Crippen LogP contribution in [0.2, 0.25) is 0 Å². The van der Waals surface area contributed by atoms with Crippen LogP contribution in [0.4, 0.5) is 0 Å². The molecular weight excluding hydrogens is 354 g/mol. The van der Waals surface area contributed by atoms with Crippen LogP contribution < -0.4 is 4.72 Å². The lowest BCUT2D eigenvalue weighted by molar-refractivity contribution is 0.0428. The van der Waals surface area contributed by atoms with Gasteiger partial charge in [-0.2, -0.15) is 0 Å². The number of hydrogen-bond donors (Lipinski definition) is 1. The molecule has 0 radical (unpaired) electrons. The van der Waals surface area contributed by atoms with Crippen LogP contribution in [-0.4, -0.2) is 34.2 Å². The third kappa shape index (κ3) is 4.91. The van der Waals surface area contributed by atoms with Gasteiger partial charge in [-0.3, -0.25) is 0 Å². The highest BCUT2D eigenvalue weighted by Crippen LogP contribution is 2.16. The van der Waals surface area contributed by atoms with E-state index in [4.69, 9.17) is 9.47 Å². The number of benzene rings is 2. The van der Waals surface area contributed by atoms with Crippen LogP contribution in [0.25, 0.3) is 0 Å². The van der Waals surface area contributed by atoms with Crippen molar-refractivity contribution < 1.29 is 22.7 Å². The highest BCUT2D eigenvalue weighted by molar-refractivity contribution is 7.89. The Balaban J connectivity index is 1.64. The Labute approximate surface area is 153 Å². The van der Waals surface area contributed by atoms with Crippen molar-refractivity contribution in [2.75, 3.05) is 19.8 Å². The molecule has 7 heteroatoms. The summed E-state index contributed by atoms with van der Waals surface area (Å²) in [6.07, 6.45) is 0.866. The molecule has 1 heterocycles. The number of hydrogen-bond acceptors (Lipinski definition) is 5. The molecule has 1 unspecified atom stereocenters. The molecular formula is C19H21NO5S. The number of nitrogens with one attached hydrogen (secondary N) is 1. The average molecular weight is 375 g/mol. The molecule has 1 saturated heterocycles. The van der Waals surface area contributed by atoms with Gasteiger partial charge in [0.25, 0.3) is 0 Å². The Morgan fingerprint density at radius 2 is 1.96 bits per heavy atom. The van der Waals surface area contributed by atoms with Crippen LogP contribution in [0.15, 0.2) is 59.5 Å². The fourth-order valence-corrected chi connectivity index (χ4v) is 3.70. The molecule has 2 aromatic rings. The molecule has 1 atom stereocenters. The monoisotopic (exact) mass is 375 g/mol. The molecule has 0 aromatic heterocycles. The van der Waals surface area contributed by atoms with Crippen molar-refractivity contribution in [2.45, 2.75) is 17.9 Å². The summed E-state index contributed by atoms with van der Waals surface area (Å²) >= 11 is 0. The number of esters is 1. The molecule has 1 N–H and O–H groups in total. The third-order valence-corrected chi connectivity index (χ3v) is 5.56. The normalized spacial score (nSPS) is 17.2. The Kier molecular flexibility index (Phi) is 6.03. The predicted octanol–water partition coefficient (Wildman–Crippen LogP) is 2.36. The van der Waals surface area contributed by atoms with E-state index in [-0.39, 0.29) is 29.5 Å². The summed E-state index contributed by atoms with van der Waals surface area (Å²) in [6, 6.07) is 15.1. The molecule has 0 amide bonds. The van der Waals surface area contributed by atoms with Gasteiger partial charge < -0.3 is 9.47 Å². The van der Waals surface area contributed by atoms with Gasteiger partial charge in [-0.25, -0.2) is 17.9 Å². The second-order valence-corrected chi connectivity index (χ2v) is 7.93. The predicted molar refractivity (Wildman–Crippen MR) is 96.1 cm³/mol. The summed E-state index contributed by atoms with van der Waals surface area (Å²) < 4.78 is 38.0. The molecule has 3 rings (SSSR count). The molecule has 1 aliphatic rings. The minimum absolute atomic E-state index is 0.0343. The first-order valence-electron chi connectivity index (χ1n) is 8.43. The Bertz CT molecular complexity index is 845. The van der Waals surface area contributed by atoms with Gasteiger partial charge in [0.15, 0.2) is 0 Å². The van der Waals surface area contributed by atoms with Gasteiger partial charge in [0.2, 0.25) is 10.0 Å². The molecule has 1 aliphatic heterocycles. The molecule has 0 bridgehead atoms. The Morgan fingerprint density at radius 1 is 1.15 bits per heavy atom. The maximum Gasteiger partial charge on any atom is 0.338 e. The zero-order valence-electron chi connectivity index (χ0n) is 14.3. The van der Waals surface area contributed by atoms with E-state index in [0.29, 0.717) is 13.2 Å². The van der Waals surface area contributed by atoms with Gasteiger partial charge in [0.05, 0.1) is 23.7 Å². The third-order valence-electron chi connectivity index (χ3n) is 4.16. The van der Waals surface area contributed by atoms with Crippen LogP contribution in [-0.2, 0) is 26.0 Å². The fourth-order valence-electron chi connectivity index (χ4n) is 2.64. The zero-order valence-corrected chi connectivity index (χ0v) is 15.1. The molecule has 0 saturated carbocycles. The zero-order chi connectivity index (χ0) is 18.4. The Morgan fingerprint density at radius 3 is 2.69 bits per heavy atom. The number of carbonyl (C=O) groups excluding carboxylic acids is 1. The van der Waals surface area contributed by atoms with Crippen molar-refractivity contribution in [3.8, 4) is 0 Å². The number of ether oxygens (including phenoxy) is 2. The maximum absolute atomic E-state index is 12.5. The summed E-state index contributed by atoms with van der Waals surface area (Å²) in [5, 5.41) is 0. The van der Waals surface area contributed by atoms with E-state index in [1.165, 1.54) is 18.2 Å². The van der Waals surface area contributed by atoms with Gasteiger partial charge in [0, 0.05) is 19.1 Å². The molecule has 0 aliphatic carbocycles. The van der Waals surface area contributed by atoms with Crippen LogP contribution in [0, 0.1) is 5.92 Å². The SMILES string of the molecule is O=C(OCC1CCOC1)c1cccc(S(=O)(=O)NCc2ccccc2)c1.